The molecule has 5 nitrogen and oxygen atoms in total. The highest BCUT2D eigenvalue weighted by Crippen LogP contribution is 2.19. The van der Waals surface area contributed by atoms with E-state index in [1.165, 1.54) is 0 Å². The van der Waals surface area contributed by atoms with Crippen molar-refractivity contribution in [1.29, 1.82) is 0 Å². The Kier molecular flexibility index (Phi) is 3.05. The molecule has 0 atom stereocenters. The van der Waals surface area contributed by atoms with Crippen molar-refractivity contribution in [3.8, 4) is 11.6 Å². The number of hydrogen-bond donors (Lipinski definition) is 1. The van der Waals surface area contributed by atoms with E-state index in [9.17, 15) is 0 Å². The number of pyridine rings is 1. The van der Waals surface area contributed by atoms with E-state index in [1.807, 2.05) is 38.4 Å². The summed E-state index contributed by atoms with van der Waals surface area (Å²) in [7, 11) is 1.82. The van der Waals surface area contributed by atoms with Gasteiger partial charge in [-0.1, -0.05) is 6.07 Å². The third-order valence-electron chi connectivity index (χ3n) is 2.14. The Balaban J connectivity index is 2.13. The van der Waals surface area contributed by atoms with Gasteiger partial charge < -0.3 is 10.1 Å². The van der Waals surface area contributed by atoms with Gasteiger partial charge in [0.25, 0.3) is 0 Å². The summed E-state index contributed by atoms with van der Waals surface area (Å²) in [6.45, 7) is 2.85. The van der Waals surface area contributed by atoms with Crippen molar-refractivity contribution in [3.63, 3.8) is 0 Å². The van der Waals surface area contributed by atoms with Crippen molar-refractivity contribution in [2.24, 2.45) is 0 Å². The summed E-state index contributed by atoms with van der Waals surface area (Å²) in [6.07, 6.45) is 3.52. The van der Waals surface area contributed by atoms with Crippen LogP contribution in [0.2, 0.25) is 0 Å². The van der Waals surface area contributed by atoms with Crippen LogP contribution in [0.1, 0.15) is 6.92 Å². The van der Waals surface area contributed by atoms with E-state index in [0.717, 1.165) is 12.4 Å². The fourth-order valence-electron chi connectivity index (χ4n) is 1.30. The topological polar surface area (TPSA) is 52.0 Å². The SMILES string of the molecule is CCn1cc(Oc2cccc(NC)n2)cn1. The zero-order valence-corrected chi connectivity index (χ0v) is 9.34. The standard InChI is InChI=1S/C11H14N4O/c1-3-15-8-9(7-13-15)16-11-6-4-5-10(12-2)14-11/h4-8H,3H2,1-2H3,(H,12,14). The number of aromatic nitrogens is 3. The molecule has 5 heteroatoms. The molecule has 2 heterocycles. The maximum Gasteiger partial charge on any atom is 0.221 e. The molecule has 0 saturated heterocycles. The first-order valence-corrected chi connectivity index (χ1v) is 5.17. The lowest BCUT2D eigenvalue weighted by atomic mass is 10.4. The number of hydrogen-bond acceptors (Lipinski definition) is 4. The van der Waals surface area contributed by atoms with Crippen LogP contribution in [0.5, 0.6) is 11.6 Å². The van der Waals surface area contributed by atoms with E-state index in [1.54, 1.807) is 10.9 Å². The van der Waals surface area contributed by atoms with Gasteiger partial charge in [0.05, 0.1) is 12.4 Å². The summed E-state index contributed by atoms with van der Waals surface area (Å²) in [5.41, 5.74) is 0. The Bertz CT molecular complexity index is 467. The van der Waals surface area contributed by atoms with Gasteiger partial charge in [0, 0.05) is 19.7 Å². The number of rotatable bonds is 4. The van der Waals surface area contributed by atoms with E-state index < -0.39 is 0 Å². The Hall–Kier alpha value is -2.04. The minimum atomic E-state index is 0.558. The van der Waals surface area contributed by atoms with Gasteiger partial charge in [0.15, 0.2) is 5.75 Å². The molecule has 0 aliphatic rings. The quantitative estimate of drug-likeness (QED) is 0.854. The fraction of sp³-hybridized carbons (Fsp3) is 0.273. The Morgan fingerprint density at radius 3 is 3.00 bits per heavy atom. The van der Waals surface area contributed by atoms with Crippen molar-refractivity contribution >= 4 is 5.82 Å². The molecular weight excluding hydrogens is 204 g/mol. The normalized spacial score (nSPS) is 10.1. The molecule has 0 fully saturated rings. The number of nitrogens with one attached hydrogen (secondary N) is 1. The molecule has 0 aromatic carbocycles. The second-order valence-corrected chi connectivity index (χ2v) is 3.24. The molecule has 2 aromatic heterocycles. The number of anilines is 1. The number of ether oxygens (including phenoxy) is 1. The molecule has 84 valence electrons. The summed E-state index contributed by atoms with van der Waals surface area (Å²) in [4.78, 5) is 4.25. The predicted octanol–water partition coefficient (Wildman–Crippen LogP) is 2.13. The molecule has 2 rings (SSSR count). The second-order valence-electron chi connectivity index (χ2n) is 3.24. The lowest BCUT2D eigenvalue weighted by molar-refractivity contribution is 0.462. The van der Waals surface area contributed by atoms with E-state index in [0.29, 0.717) is 11.6 Å². The largest absolute Gasteiger partial charge is 0.436 e. The van der Waals surface area contributed by atoms with Crippen LogP contribution in [0.4, 0.5) is 5.82 Å². The first-order chi connectivity index (χ1) is 7.81. The van der Waals surface area contributed by atoms with Crippen LogP contribution in [0.15, 0.2) is 30.6 Å². The van der Waals surface area contributed by atoms with Gasteiger partial charge in [0.2, 0.25) is 5.88 Å². The van der Waals surface area contributed by atoms with Crippen LogP contribution in [0, 0.1) is 0 Å². The van der Waals surface area contributed by atoms with Crippen LogP contribution in [0.25, 0.3) is 0 Å². The summed E-state index contributed by atoms with van der Waals surface area (Å²) in [5, 5.41) is 7.08. The van der Waals surface area contributed by atoms with Crippen molar-refractivity contribution in [1.82, 2.24) is 14.8 Å². The van der Waals surface area contributed by atoms with Gasteiger partial charge >= 0.3 is 0 Å². The molecule has 0 saturated carbocycles. The monoisotopic (exact) mass is 218 g/mol. The van der Waals surface area contributed by atoms with Crippen LogP contribution >= 0.6 is 0 Å². The van der Waals surface area contributed by atoms with Crippen molar-refractivity contribution < 1.29 is 4.74 Å². The lowest BCUT2D eigenvalue weighted by Crippen LogP contribution is -1.94. The lowest BCUT2D eigenvalue weighted by Gasteiger charge is -2.03. The van der Waals surface area contributed by atoms with Gasteiger partial charge in [-0.2, -0.15) is 10.1 Å². The van der Waals surface area contributed by atoms with E-state index in [4.69, 9.17) is 4.74 Å². The summed E-state index contributed by atoms with van der Waals surface area (Å²) in [5.74, 6) is 2.03. The van der Waals surface area contributed by atoms with E-state index in [2.05, 4.69) is 15.4 Å². The summed E-state index contributed by atoms with van der Waals surface area (Å²) < 4.78 is 7.37. The van der Waals surface area contributed by atoms with E-state index in [-0.39, 0.29) is 0 Å². The van der Waals surface area contributed by atoms with Crippen LogP contribution in [0.3, 0.4) is 0 Å². The molecule has 2 aromatic rings. The maximum atomic E-state index is 5.57. The smallest absolute Gasteiger partial charge is 0.221 e. The zero-order valence-electron chi connectivity index (χ0n) is 9.34. The van der Waals surface area contributed by atoms with Gasteiger partial charge in [0.1, 0.15) is 5.82 Å². The second kappa shape index (κ2) is 4.65. The average molecular weight is 218 g/mol. The van der Waals surface area contributed by atoms with Gasteiger partial charge in [-0.3, -0.25) is 4.68 Å². The highest BCUT2D eigenvalue weighted by atomic mass is 16.5. The molecule has 0 aliphatic carbocycles. The molecule has 0 unspecified atom stereocenters. The van der Waals surface area contributed by atoms with Crippen LogP contribution < -0.4 is 10.1 Å². The van der Waals surface area contributed by atoms with Crippen LogP contribution in [-0.2, 0) is 6.54 Å². The molecular formula is C11H14N4O. The Morgan fingerprint density at radius 1 is 1.44 bits per heavy atom. The minimum absolute atomic E-state index is 0.558. The minimum Gasteiger partial charge on any atom is -0.436 e. The molecule has 16 heavy (non-hydrogen) atoms. The molecule has 1 N–H and O–H groups in total. The van der Waals surface area contributed by atoms with Crippen molar-refractivity contribution in [3.05, 3.63) is 30.6 Å². The highest BCUT2D eigenvalue weighted by Gasteiger charge is 2.02. The Morgan fingerprint density at radius 2 is 2.31 bits per heavy atom. The average Bonchev–Trinajstić information content (AvgIpc) is 2.77. The van der Waals surface area contributed by atoms with E-state index >= 15 is 0 Å². The molecule has 0 radical (unpaired) electrons. The maximum absolute atomic E-state index is 5.57. The van der Waals surface area contributed by atoms with Crippen molar-refractivity contribution in [2.45, 2.75) is 13.5 Å². The molecule has 0 aliphatic heterocycles. The third kappa shape index (κ3) is 2.31. The molecule has 0 bridgehead atoms. The molecule has 0 amide bonds. The summed E-state index contributed by atoms with van der Waals surface area (Å²) in [6, 6.07) is 5.57. The summed E-state index contributed by atoms with van der Waals surface area (Å²) >= 11 is 0. The number of nitrogens with zero attached hydrogens (tertiary/aromatic N) is 3. The Labute approximate surface area is 94.1 Å². The van der Waals surface area contributed by atoms with Gasteiger partial charge in [-0.05, 0) is 13.0 Å². The highest BCUT2D eigenvalue weighted by molar-refractivity contribution is 5.37. The van der Waals surface area contributed by atoms with Crippen LogP contribution in [-0.4, -0.2) is 21.8 Å². The number of aryl methyl sites for hydroxylation is 1. The van der Waals surface area contributed by atoms with Gasteiger partial charge in [-0.15, -0.1) is 0 Å². The fourth-order valence-corrected chi connectivity index (χ4v) is 1.30. The first-order valence-electron chi connectivity index (χ1n) is 5.17. The predicted molar refractivity (Wildman–Crippen MR) is 61.8 cm³/mol. The zero-order chi connectivity index (χ0) is 11.4. The van der Waals surface area contributed by atoms with Crippen molar-refractivity contribution in [2.75, 3.05) is 12.4 Å². The third-order valence-corrected chi connectivity index (χ3v) is 2.14. The molecule has 0 spiro atoms. The van der Waals surface area contributed by atoms with Gasteiger partial charge in [-0.25, -0.2) is 0 Å². The first kappa shape index (κ1) is 10.5.